The molecule has 0 heterocycles. The third-order valence-corrected chi connectivity index (χ3v) is 8.66. The lowest BCUT2D eigenvalue weighted by Crippen LogP contribution is -2.14. The molecule has 0 aromatic heterocycles. The summed E-state index contributed by atoms with van der Waals surface area (Å²) in [7, 11) is 0. The first kappa shape index (κ1) is 30.9. The first-order valence-electron chi connectivity index (χ1n) is 16.6. The van der Waals surface area contributed by atoms with E-state index in [-0.39, 0.29) is 0 Å². The van der Waals surface area contributed by atoms with Crippen LogP contribution in [0.1, 0.15) is 48.9 Å². The highest BCUT2D eigenvalue weighted by molar-refractivity contribution is 5.87. The largest absolute Gasteiger partial charge is 0.310 e. The van der Waals surface area contributed by atoms with E-state index in [1.807, 2.05) is 0 Å². The van der Waals surface area contributed by atoms with Crippen LogP contribution in [0.25, 0.3) is 11.1 Å². The van der Waals surface area contributed by atoms with Gasteiger partial charge in [0.1, 0.15) is 0 Å². The van der Waals surface area contributed by atoms with E-state index in [9.17, 15) is 0 Å². The van der Waals surface area contributed by atoms with Crippen molar-refractivity contribution in [1.82, 2.24) is 0 Å². The predicted octanol–water partition coefficient (Wildman–Crippen LogP) is 12.8. The van der Waals surface area contributed by atoms with Gasteiger partial charge in [0, 0.05) is 34.1 Å². The van der Waals surface area contributed by atoms with Gasteiger partial charge in [-0.05, 0) is 133 Å². The number of benzene rings is 6. The molecule has 0 saturated heterocycles. The van der Waals surface area contributed by atoms with Gasteiger partial charge in [-0.2, -0.15) is 0 Å². The number of anilines is 6. The van der Waals surface area contributed by atoms with Crippen LogP contribution in [0.5, 0.6) is 0 Å². The molecule has 46 heavy (non-hydrogen) atoms. The SMILES string of the molecule is CCCCc1ccc(N(c2cccc(C)c2)c2cc(-c3ccccc3)cc(N(c3ccc(CC)cc3)c3cccc(C)c3)c2)cc1. The molecule has 2 nitrogen and oxygen atoms in total. The second-order valence-corrected chi connectivity index (χ2v) is 12.2. The standard InChI is InChI=1S/C44H44N2/c1-5-7-15-36-22-26-40(27-23-36)46(42-19-12-14-34(4)29-42)44-31-38(37-16-9-8-10-17-37)30-43(32-44)45(41-18-11-13-33(3)28-41)39-24-20-35(6-2)21-25-39/h8-14,16-32H,5-7,15H2,1-4H3. The summed E-state index contributed by atoms with van der Waals surface area (Å²) in [5.41, 5.74) is 14.4. The van der Waals surface area contributed by atoms with Crippen molar-refractivity contribution in [2.75, 3.05) is 9.80 Å². The Hall–Kier alpha value is -5.08. The Morgan fingerprint density at radius 2 is 0.935 bits per heavy atom. The zero-order valence-electron chi connectivity index (χ0n) is 27.6. The first-order valence-corrected chi connectivity index (χ1v) is 16.6. The second-order valence-electron chi connectivity index (χ2n) is 12.2. The number of hydrogen-bond acceptors (Lipinski definition) is 2. The van der Waals surface area contributed by atoms with Gasteiger partial charge in [0.25, 0.3) is 0 Å². The molecule has 0 atom stereocenters. The van der Waals surface area contributed by atoms with Crippen molar-refractivity contribution in [2.45, 2.75) is 53.4 Å². The zero-order valence-corrected chi connectivity index (χ0v) is 27.6. The van der Waals surface area contributed by atoms with Crippen LogP contribution >= 0.6 is 0 Å². The minimum atomic E-state index is 1.01. The fourth-order valence-electron chi connectivity index (χ4n) is 6.15. The van der Waals surface area contributed by atoms with Gasteiger partial charge in [-0.25, -0.2) is 0 Å². The van der Waals surface area contributed by atoms with Gasteiger partial charge >= 0.3 is 0 Å². The normalized spacial score (nSPS) is 11.0. The Balaban J connectivity index is 1.58. The molecule has 0 aliphatic rings. The maximum atomic E-state index is 2.40. The third kappa shape index (κ3) is 7.08. The molecular weight excluding hydrogens is 556 g/mol. The molecule has 0 radical (unpaired) electrons. The second kappa shape index (κ2) is 14.3. The Bertz CT molecular complexity index is 1870. The van der Waals surface area contributed by atoms with Crippen LogP contribution in [0.15, 0.2) is 146 Å². The molecule has 0 bridgehead atoms. The van der Waals surface area contributed by atoms with E-state index in [1.165, 1.54) is 46.2 Å². The van der Waals surface area contributed by atoms with Gasteiger partial charge in [0.05, 0.1) is 0 Å². The maximum absolute atomic E-state index is 2.40. The van der Waals surface area contributed by atoms with Crippen LogP contribution in [0.3, 0.4) is 0 Å². The summed E-state index contributed by atoms with van der Waals surface area (Å²) in [4.78, 5) is 4.80. The fraction of sp³-hybridized carbons (Fsp3) is 0.182. The maximum Gasteiger partial charge on any atom is 0.0488 e. The van der Waals surface area contributed by atoms with Crippen molar-refractivity contribution in [1.29, 1.82) is 0 Å². The molecule has 0 aliphatic heterocycles. The van der Waals surface area contributed by atoms with Crippen LogP contribution in [-0.4, -0.2) is 0 Å². The Morgan fingerprint density at radius 1 is 0.413 bits per heavy atom. The minimum Gasteiger partial charge on any atom is -0.310 e. The molecule has 0 unspecified atom stereocenters. The monoisotopic (exact) mass is 600 g/mol. The lowest BCUT2D eigenvalue weighted by Gasteiger charge is -2.31. The Labute approximate surface area is 275 Å². The molecule has 0 N–H and O–H groups in total. The average Bonchev–Trinajstić information content (AvgIpc) is 3.09. The summed E-state index contributed by atoms with van der Waals surface area (Å²) in [5, 5.41) is 0. The molecule has 0 saturated carbocycles. The zero-order chi connectivity index (χ0) is 31.9. The number of nitrogens with zero attached hydrogens (tertiary/aromatic N) is 2. The van der Waals surface area contributed by atoms with Gasteiger partial charge in [-0.1, -0.05) is 99.1 Å². The van der Waals surface area contributed by atoms with Gasteiger partial charge < -0.3 is 9.80 Å². The highest BCUT2D eigenvalue weighted by atomic mass is 15.2. The summed E-state index contributed by atoms with van der Waals surface area (Å²) >= 11 is 0. The average molecular weight is 601 g/mol. The van der Waals surface area contributed by atoms with E-state index in [0.29, 0.717) is 0 Å². The van der Waals surface area contributed by atoms with E-state index in [2.05, 4.69) is 183 Å². The summed E-state index contributed by atoms with van der Waals surface area (Å²) < 4.78 is 0. The fourth-order valence-corrected chi connectivity index (χ4v) is 6.15. The van der Waals surface area contributed by atoms with Crippen molar-refractivity contribution in [3.05, 3.63) is 168 Å². The lowest BCUT2D eigenvalue weighted by molar-refractivity contribution is 0.795. The van der Waals surface area contributed by atoms with Gasteiger partial charge in [-0.3, -0.25) is 0 Å². The summed E-state index contributed by atoms with van der Waals surface area (Å²) in [6, 6.07) is 53.5. The first-order chi connectivity index (χ1) is 22.5. The minimum absolute atomic E-state index is 1.01. The highest BCUT2D eigenvalue weighted by Crippen LogP contribution is 2.43. The van der Waals surface area contributed by atoms with Gasteiger partial charge in [0.2, 0.25) is 0 Å². The topological polar surface area (TPSA) is 6.48 Å². The Morgan fingerprint density at radius 3 is 1.41 bits per heavy atom. The van der Waals surface area contributed by atoms with E-state index in [1.54, 1.807) is 0 Å². The van der Waals surface area contributed by atoms with Crippen molar-refractivity contribution < 1.29 is 0 Å². The Kier molecular flexibility index (Phi) is 9.65. The molecule has 6 aromatic rings. The number of aryl methyl sites for hydroxylation is 4. The summed E-state index contributed by atoms with van der Waals surface area (Å²) in [6.07, 6.45) is 4.53. The number of hydrogen-bond donors (Lipinski definition) is 0. The molecule has 6 aromatic carbocycles. The van der Waals surface area contributed by atoms with Crippen molar-refractivity contribution in [3.8, 4) is 11.1 Å². The van der Waals surface area contributed by atoms with Crippen LogP contribution in [0.4, 0.5) is 34.1 Å². The van der Waals surface area contributed by atoms with Crippen LogP contribution < -0.4 is 9.80 Å². The van der Waals surface area contributed by atoms with E-state index in [0.717, 1.165) is 47.0 Å². The number of rotatable bonds is 11. The molecule has 6 rings (SSSR count). The molecular formula is C44H44N2. The molecule has 2 heteroatoms. The van der Waals surface area contributed by atoms with Gasteiger partial charge in [0.15, 0.2) is 0 Å². The molecule has 0 fully saturated rings. The molecule has 0 spiro atoms. The quantitative estimate of drug-likeness (QED) is 0.146. The van der Waals surface area contributed by atoms with Gasteiger partial charge in [-0.15, -0.1) is 0 Å². The highest BCUT2D eigenvalue weighted by Gasteiger charge is 2.20. The summed E-state index contributed by atoms with van der Waals surface area (Å²) in [5.74, 6) is 0. The smallest absolute Gasteiger partial charge is 0.0488 e. The van der Waals surface area contributed by atoms with Crippen LogP contribution in [-0.2, 0) is 12.8 Å². The van der Waals surface area contributed by atoms with Crippen molar-refractivity contribution >= 4 is 34.1 Å². The molecule has 0 amide bonds. The number of unbranched alkanes of at least 4 members (excludes halogenated alkanes) is 1. The van der Waals surface area contributed by atoms with Crippen molar-refractivity contribution in [2.24, 2.45) is 0 Å². The lowest BCUT2D eigenvalue weighted by atomic mass is 10.0. The van der Waals surface area contributed by atoms with Crippen LogP contribution in [0, 0.1) is 13.8 Å². The van der Waals surface area contributed by atoms with E-state index < -0.39 is 0 Å². The third-order valence-electron chi connectivity index (χ3n) is 8.66. The predicted molar refractivity (Wildman–Crippen MR) is 199 cm³/mol. The van der Waals surface area contributed by atoms with Crippen molar-refractivity contribution in [3.63, 3.8) is 0 Å². The van der Waals surface area contributed by atoms with E-state index in [4.69, 9.17) is 0 Å². The summed E-state index contributed by atoms with van der Waals surface area (Å²) in [6.45, 7) is 8.79. The molecule has 0 aliphatic carbocycles. The molecule has 230 valence electrons. The van der Waals surface area contributed by atoms with E-state index >= 15 is 0 Å². The van der Waals surface area contributed by atoms with Crippen LogP contribution in [0.2, 0.25) is 0 Å².